The van der Waals surface area contributed by atoms with E-state index in [1.807, 2.05) is 6.92 Å². The average molecular weight is 1320 g/mol. The highest BCUT2D eigenvalue weighted by atomic mass is 127. The van der Waals surface area contributed by atoms with E-state index >= 15 is 0 Å². The van der Waals surface area contributed by atoms with Crippen molar-refractivity contribution < 1.29 is 66.6 Å². The highest BCUT2D eigenvalue weighted by Crippen LogP contribution is 2.70. The van der Waals surface area contributed by atoms with Crippen LogP contribution in [0.15, 0.2) is 102 Å². The van der Waals surface area contributed by atoms with Gasteiger partial charge in [-0.15, -0.1) is 24.0 Å². The quantitative estimate of drug-likeness (QED) is 0.0743. The number of pyridine rings is 2. The second kappa shape index (κ2) is 22.7. The van der Waals surface area contributed by atoms with Gasteiger partial charge in [-0.25, -0.2) is 18.8 Å². The molecule has 3 N–H and O–H groups in total. The number of nitrogens with zero attached hydrogens (tertiary/aromatic N) is 2. The molecule has 0 radical (unpaired) electrons. The van der Waals surface area contributed by atoms with Crippen LogP contribution in [-0.4, -0.2) is 79.8 Å². The van der Waals surface area contributed by atoms with Crippen LogP contribution in [0.3, 0.4) is 0 Å². The van der Waals surface area contributed by atoms with Crippen LogP contribution in [0, 0.1) is 63.0 Å². The maximum absolute atomic E-state index is 15.0. The molecule has 4 saturated carbocycles. The molecule has 4 unspecified atom stereocenters. The van der Waals surface area contributed by atoms with Crippen LogP contribution in [0.5, 0.6) is 11.5 Å². The van der Waals surface area contributed by atoms with Crippen molar-refractivity contribution in [2.24, 2.45) is 57.2 Å². The summed E-state index contributed by atoms with van der Waals surface area (Å²) in [6.45, 7) is 19.3. The fourth-order valence-corrected chi connectivity index (χ4v) is 16.4. The first-order chi connectivity index (χ1) is 38.6. The van der Waals surface area contributed by atoms with E-state index in [9.17, 15) is 43.7 Å². The number of rotatable bonds is 8. The minimum Gasteiger partial charge on any atom is -0.484 e. The predicted molar refractivity (Wildman–Crippen MR) is 315 cm³/mol. The summed E-state index contributed by atoms with van der Waals surface area (Å²) in [6, 6.07) is 14.2. The Balaban J connectivity index is 0.000000203. The molecule has 20 heteroatoms. The lowest BCUT2D eigenvalue weighted by atomic mass is 9.41. The minimum atomic E-state index is -1.35. The van der Waals surface area contributed by atoms with Crippen LogP contribution in [-0.2, 0) is 23.8 Å². The maximum Gasteiger partial charge on any atom is 0.345 e. The number of fused-ring (bicyclic) bond motifs is 8. The first-order valence-corrected chi connectivity index (χ1v) is 28.9. The highest BCUT2D eigenvalue weighted by molar-refractivity contribution is 14.0. The van der Waals surface area contributed by atoms with E-state index < -0.39 is 98.1 Å². The van der Waals surface area contributed by atoms with E-state index in [0.717, 1.165) is 19.3 Å². The molecule has 1 aromatic carbocycles. The number of halogens is 3. The van der Waals surface area contributed by atoms with Gasteiger partial charge in [0.25, 0.3) is 0 Å². The smallest absolute Gasteiger partial charge is 0.345 e. The molecule has 6 heterocycles. The van der Waals surface area contributed by atoms with Crippen LogP contribution in [0.25, 0.3) is 22.6 Å². The molecule has 2 aliphatic heterocycles. The van der Waals surface area contributed by atoms with Crippen LogP contribution in [0.1, 0.15) is 141 Å². The zero-order valence-electron chi connectivity index (χ0n) is 48.2. The lowest BCUT2D eigenvalue weighted by molar-refractivity contribution is -0.257. The molecular weight excluding hydrogens is 1250 g/mol. The Morgan fingerprint density at radius 1 is 0.687 bits per heavy atom. The SMILES string of the molecule is CC(=O)OC[C@@]1(C)C2C[C@H](O)[C@@]3(C)Oc4cc(-c5cccnc5)oc(=O)c4[C@H](O)C3[C@@]2(C)CC[C@@H]1C.CC(=O)OC[C@@]1(C)C2C[C@H](OC(=O)c3ccc(Br)cc3F)[C@@]3(C)Oc4cc(-c5cccnc5)oc(=O)c4[C@H](O)C3[C@@]2(C)CC[C@@H]1C.I. The average Bonchev–Trinajstić information content (AvgIpc) is 2.28. The molecule has 0 amide bonds. The molecule has 11 rings (SSSR count). The Hall–Kier alpha value is -5.55. The van der Waals surface area contributed by atoms with E-state index in [1.165, 1.54) is 26.0 Å². The van der Waals surface area contributed by atoms with Gasteiger partial charge in [0, 0.05) is 89.0 Å². The molecule has 4 fully saturated rings. The first kappa shape index (κ1) is 62.0. The molecule has 446 valence electrons. The van der Waals surface area contributed by atoms with Crippen molar-refractivity contribution in [3.63, 3.8) is 0 Å². The van der Waals surface area contributed by atoms with Gasteiger partial charge in [0.2, 0.25) is 0 Å². The predicted octanol–water partition coefficient (Wildman–Crippen LogP) is 11.2. The van der Waals surface area contributed by atoms with Crippen molar-refractivity contribution in [2.45, 2.75) is 143 Å². The first-order valence-electron chi connectivity index (χ1n) is 28.1. The summed E-state index contributed by atoms with van der Waals surface area (Å²) in [7, 11) is 0. The molecule has 4 aliphatic carbocycles. The van der Waals surface area contributed by atoms with E-state index in [4.69, 9.17) is 32.5 Å². The number of carbonyl (C=O) groups is 3. The van der Waals surface area contributed by atoms with Gasteiger partial charge in [0.15, 0.2) is 0 Å². The van der Waals surface area contributed by atoms with Crippen molar-refractivity contribution in [3.8, 4) is 34.1 Å². The van der Waals surface area contributed by atoms with E-state index in [1.54, 1.807) is 74.2 Å². The number of hydrogen-bond donors (Lipinski definition) is 3. The monoisotopic (exact) mass is 1320 g/mol. The number of aromatic nitrogens is 2. The number of benzene rings is 1. The Morgan fingerprint density at radius 2 is 1.14 bits per heavy atom. The molecule has 5 aromatic rings. The summed E-state index contributed by atoms with van der Waals surface area (Å²) < 4.78 is 57.3. The van der Waals surface area contributed by atoms with Crippen LogP contribution in [0.2, 0.25) is 0 Å². The molecular formula is C63H73BrFIN2O15. The number of aliphatic hydroxyl groups excluding tert-OH is 3. The largest absolute Gasteiger partial charge is 0.484 e. The number of ether oxygens (including phenoxy) is 5. The van der Waals surface area contributed by atoms with Crippen molar-refractivity contribution in [1.29, 1.82) is 0 Å². The molecule has 4 aromatic heterocycles. The van der Waals surface area contributed by atoms with Gasteiger partial charge < -0.3 is 47.8 Å². The minimum absolute atomic E-state index is 0. The van der Waals surface area contributed by atoms with E-state index in [2.05, 4.69) is 67.4 Å². The van der Waals surface area contributed by atoms with Crippen LogP contribution < -0.4 is 20.7 Å². The summed E-state index contributed by atoms with van der Waals surface area (Å²) in [6.07, 6.45) is 5.74. The lowest BCUT2D eigenvalue weighted by Crippen LogP contribution is -2.70. The maximum atomic E-state index is 15.0. The third-order valence-electron chi connectivity index (χ3n) is 20.8. The summed E-state index contributed by atoms with van der Waals surface area (Å²) in [5, 5.41) is 35.6. The summed E-state index contributed by atoms with van der Waals surface area (Å²) in [5.41, 5.74) is -5.02. The second-order valence-electron chi connectivity index (χ2n) is 25.3. The molecule has 16 atom stereocenters. The Bertz CT molecular complexity index is 3420. The van der Waals surface area contributed by atoms with E-state index in [-0.39, 0.29) is 113 Å². The summed E-state index contributed by atoms with van der Waals surface area (Å²) in [4.78, 5) is 72.3. The molecule has 0 saturated heterocycles. The molecule has 6 aliphatic rings. The van der Waals surface area contributed by atoms with Gasteiger partial charge in [-0.3, -0.25) is 19.6 Å². The van der Waals surface area contributed by atoms with Gasteiger partial charge >= 0.3 is 29.2 Å². The zero-order valence-corrected chi connectivity index (χ0v) is 52.2. The molecule has 83 heavy (non-hydrogen) atoms. The number of carbonyl (C=O) groups excluding carboxylic acids is 3. The van der Waals surface area contributed by atoms with Crippen molar-refractivity contribution >= 4 is 57.8 Å². The summed E-state index contributed by atoms with van der Waals surface area (Å²) >= 11 is 3.22. The zero-order chi connectivity index (χ0) is 59.2. The topological polar surface area (TPSA) is 244 Å². The Kier molecular flexibility index (Phi) is 17.0. The van der Waals surface area contributed by atoms with E-state index in [0.29, 0.717) is 28.4 Å². The Labute approximate surface area is 506 Å². The highest BCUT2D eigenvalue weighted by Gasteiger charge is 2.71. The third-order valence-corrected chi connectivity index (χ3v) is 21.3. The van der Waals surface area contributed by atoms with Crippen molar-refractivity contribution in [1.82, 2.24) is 9.97 Å². The van der Waals surface area contributed by atoms with Crippen molar-refractivity contribution in [2.75, 3.05) is 13.2 Å². The third kappa shape index (κ3) is 10.4. The summed E-state index contributed by atoms with van der Waals surface area (Å²) in [5.74, 6) is -2.83. The van der Waals surface area contributed by atoms with Gasteiger partial charge in [-0.05, 0) is 129 Å². The fourth-order valence-electron chi connectivity index (χ4n) is 16.1. The van der Waals surface area contributed by atoms with Crippen LogP contribution in [0.4, 0.5) is 4.39 Å². The standard InChI is InChI=1S/C35H37BrFNO8.C28H35NO7.HI/c1-18-10-11-33(3)26(34(18,4)17-43-19(2)39)15-27(45-31(41)22-9-8-21(36)13-23(22)37)35(5)30(33)29(40)28-25(46-35)14-24(44-32(28)42)20-7-6-12-38-16-20;1-15-8-9-26(3)20(27(15,4)14-34-16(2)30)12-21(31)28(5)24(26)23(32)22-19(36-28)11-18(35-25(22)33)17-7-6-10-29-13-17;/h6-9,12-14,16,18,26-27,29-30,40H,10-11,15,17H2,1-5H3;6-7,10-11,13,15,20-21,23-24,31-32H,8-9,12,14H2,1-5H3;1H/t18-,26?,27-,29-,30?,33-,34+,35+;15-,20?,21-,23-,24?,26-,27+,28+;/m00./s1. The number of hydrogen-bond acceptors (Lipinski definition) is 17. The van der Waals surface area contributed by atoms with Gasteiger partial charge in [-0.2, -0.15) is 0 Å². The van der Waals surface area contributed by atoms with Gasteiger partial charge in [0.05, 0.1) is 37.1 Å². The lowest BCUT2D eigenvalue weighted by Gasteiger charge is -2.66. The van der Waals surface area contributed by atoms with Crippen LogP contribution >= 0.6 is 39.9 Å². The molecule has 0 bridgehead atoms. The molecule has 17 nitrogen and oxygen atoms in total. The molecule has 0 spiro atoms. The van der Waals surface area contributed by atoms with Gasteiger partial charge in [0.1, 0.15) is 57.3 Å². The number of aliphatic hydroxyl groups is 3. The normalized spacial score (nSPS) is 35.4. The Morgan fingerprint density at radius 3 is 1.59 bits per heavy atom. The van der Waals surface area contributed by atoms with Crippen molar-refractivity contribution in [3.05, 3.63) is 127 Å². The second-order valence-corrected chi connectivity index (χ2v) is 26.2. The van der Waals surface area contributed by atoms with Gasteiger partial charge in [-0.1, -0.05) is 57.5 Å². The fraction of sp³-hybridized carbons (Fsp3) is 0.540. The number of esters is 3.